The number of amides is 1. The van der Waals surface area contributed by atoms with E-state index >= 15 is 0 Å². The Morgan fingerprint density at radius 1 is 1.33 bits per heavy atom. The van der Waals surface area contributed by atoms with Crippen LogP contribution in [0.4, 0.5) is 0 Å². The summed E-state index contributed by atoms with van der Waals surface area (Å²) in [5.41, 5.74) is -0.938. The molecule has 1 aliphatic heterocycles. The van der Waals surface area contributed by atoms with E-state index in [-0.39, 0.29) is 5.91 Å². The molecule has 1 atom stereocenters. The van der Waals surface area contributed by atoms with Crippen molar-refractivity contribution in [3.63, 3.8) is 0 Å². The highest BCUT2D eigenvalue weighted by Gasteiger charge is 2.30. The van der Waals surface area contributed by atoms with Crippen molar-refractivity contribution in [3.8, 4) is 5.75 Å². The monoisotopic (exact) mass is 354 g/mol. The highest BCUT2D eigenvalue weighted by molar-refractivity contribution is 6.30. The fraction of sp³-hybridized carbons (Fsp3) is 0.611. The lowest BCUT2D eigenvalue weighted by molar-refractivity contribution is -0.134. The average Bonchev–Trinajstić information content (AvgIpc) is 2.55. The summed E-state index contributed by atoms with van der Waals surface area (Å²) < 4.78 is 11.2. The lowest BCUT2D eigenvalue weighted by Crippen LogP contribution is -2.48. The van der Waals surface area contributed by atoms with E-state index in [2.05, 4.69) is 17.1 Å². The molecule has 1 N–H and O–H groups in total. The van der Waals surface area contributed by atoms with Crippen LogP contribution in [0.5, 0.6) is 5.75 Å². The van der Waals surface area contributed by atoms with Crippen LogP contribution in [0.1, 0.15) is 20.8 Å². The third kappa shape index (κ3) is 5.96. The van der Waals surface area contributed by atoms with Gasteiger partial charge in [-0.3, -0.25) is 9.69 Å². The van der Waals surface area contributed by atoms with Crippen molar-refractivity contribution < 1.29 is 14.3 Å². The van der Waals surface area contributed by atoms with Gasteiger partial charge in [-0.05, 0) is 44.0 Å². The molecule has 134 valence electrons. The Hall–Kier alpha value is -1.30. The summed E-state index contributed by atoms with van der Waals surface area (Å²) in [4.78, 5) is 14.8. The minimum absolute atomic E-state index is 0.119. The van der Waals surface area contributed by atoms with Gasteiger partial charge in [0.1, 0.15) is 5.75 Å². The third-order valence-electron chi connectivity index (χ3n) is 4.02. The first-order chi connectivity index (χ1) is 11.4. The van der Waals surface area contributed by atoms with Crippen LogP contribution in [0.2, 0.25) is 5.02 Å². The summed E-state index contributed by atoms with van der Waals surface area (Å²) in [7, 11) is 0. The lowest BCUT2D eigenvalue weighted by atomic mass is 10.1. The van der Waals surface area contributed by atoms with Gasteiger partial charge in [-0.2, -0.15) is 0 Å². The summed E-state index contributed by atoms with van der Waals surface area (Å²) in [5.74, 6) is 0.880. The smallest absolute Gasteiger partial charge is 0.263 e. The molecule has 6 heteroatoms. The van der Waals surface area contributed by atoms with Crippen LogP contribution in [0.25, 0.3) is 0 Å². The SMILES string of the molecule is CC(CNC(=O)C(C)(C)Oc1ccc(Cl)cc1)CN1CCOCC1. The van der Waals surface area contributed by atoms with Crippen LogP contribution in [-0.2, 0) is 9.53 Å². The number of nitrogens with zero attached hydrogens (tertiary/aromatic N) is 1. The second-order valence-electron chi connectivity index (χ2n) is 6.79. The van der Waals surface area contributed by atoms with Gasteiger partial charge in [-0.15, -0.1) is 0 Å². The van der Waals surface area contributed by atoms with Gasteiger partial charge in [-0.1, -0.05) is 18.5 Å². The summed E-state index contributed by atoms with van der Waals surface area (Å²) in [5, 5.41) is 3.64. The second-order valence-corrected chi connectivity index (χ2v) is 7.23. The molecule has 1 amide bonds. The predicted molar refractivity (Wildman–Crippen MR) is 95.6 cm³/mol. The minimum Gasteiger partial charge on any atom is -0.478 e. The van der Waals surface area contributed by atoms with Crippen LogP contribution < -0.4 is 10.1 Å². The predicted octanol–water partition coefficient (Wildman–Crippen LogP) is 2.58. The maximum Gasteiger partial charge on any atom is 0.263 e. The van der Waals surface area contributed by atoms with E-state index in [1.807, 2.05) is 0 Å². The van der Waals surface area contributed by atoms with Crippen LogP contribution in [0.15, 0.2) is 24.3 Å². The van der Waals surface area contributed by atoms with Gasteiger partial charge in [0.2, 0.25) is 0 Å². The number of carbonyl (C=O) groups excluding carboxylic acids is 1. The zero-order chi connectivity index (χ0) is 17.6. The van der Waals surface area contributed by atoms with Gasteiger partial charge in [0.15, 0.2) is 5.60 Å². The number of ether oxygens (including phenoxy) is 2. The molecule has 1 aromatic carbocycles. The number of nitrogens with one attached hydrogen (secondary N) is 1. The maximum atomic E-state index is 12.4. The van der Waals surface area contributed by atoms with Crippen LogP contribution in [0, 0.1) is 5.92 Å². The van der Waals surface area contributed by atoms with Crippen molar-refractivity contribution >= 4 is 17.5 Å². The Labute approximate surface area is 149 Å². The van der Waals surface area contributed by atoms with E-state index in [0.29, 0.717) is 23.2 Å². The van der Waals surface area contributed by atoms with E-state index in [1.165, 1.54) is 0 Å². The number of halogens is 1. The Morgan fingerprint density at radius 2 is 1.96 bits per heavy atom. The topological polar surface area (TPSA) is 50.8 Å². The van der Waals surface area contributed by atoms with E-state index in [0.717, 1.165) is 32.8 Å². The molecule has 1 unspecified atom stereocenters. The molecule has 0 spiro atoms. The molecule has 0 saturated carbocycles. The van der Waals surface area contributed by atoms with Gasteiger partial charge in [0.25, 0.3) is 5.91 Å². The van der Waals surface area contributed by atoms with Crippen molar-refractivity contribution in [2.45, 2.75) is 26.4 Å². The summed E-state index contributed by atoms with van der Waals surface area (Å²) >= 11 is 5.86. The fourth-order valence-electron chi connectivity index (χ4n) is 2.61. The summed E-state index contributed by atoms with van der Waals surface area (Å²) in [6, 6.07) is 7.02. The number of morpholine rings is 1. The minimum atomic E-state index is -0.938. The van der Waals surface area contributed by atoms with Crippen LogP contribution in [0.3, 0.4) is 0 Å². The molecule has 0 aromatic heterocycles. The van der Waals surface area contributed by atoms with Crippen molar-refractivity contribution in [1.82, 2.24) is 10.2 Å². The molecule has 1 saturated heterocycles. The first kappa shape index (κ1) is 19.0. The molecular weight excluding hydrogens is 328 g/mol. The number of benzene rings is 1. The Bertz CT molecular complexity index is 528. The number of carbonyl (C=O) groups is 1. The number of hydrogen-bond donors (Lipinski definition) is 1. The Kier molecular flexibility index (Phi) is 6.90. The highest BCUT2D eigenvalue weighted by atomic mass is 35.5. The molecule has 1 heterocycles. The quantitative estimate of drug-likeness (QED) is 0.817. The molecule has 5 nitrogen and oxygen atoms in total. The Morgan fingerprint density at radius 3 is 2.58 bits per heavy atom. The molecular formula is C18H27ClN2O3. The van der Waals surface area contributed by atoms with Gasteiger partial charge < -0.3 is 14.8 Å². The van der Waals surface area contributed by atoms with Gasteiger partial charge >= 0.3 is 0 Å². The first-order valence-electron chi connectivity index (χ1n) is 8.40. The molecule has 1 fully saturated rings. The van der Waals surface area contributed by atoms with Crippen molar-refractivity contribution in [3.05, 3.63) is 29.3 Å². The van der Waals surface area contributed by atoms with E-state index < -0.39 is 5.60 Å². The van der Waals surface area contributed by atoms with Gasteiger partial charge in [0.05, 0.1) is 13.2 Å². The molecule has 2 rings (SSSR count). The molecule has 1 aliphatic rings. The molecule has 0 radical (unpaired) electrons. The van der Waals surface area contributed by atoms with Crippen LogP contribution in [-0.4, -0.2) is 55.8 Å². The summed E-state index contributed by atoms with van der Waals surface area (Å²) in [6.07, 6.45) is 0. The molecule has 24 heavy (non-hydrogen) atoms. The van der Waals surface area contributed by atoms with E-state index in [9.17, 15) is 4.79 Å². The van der Waals surface area contributed by atoms with Crippen molar-refractivity contribution in [2.24, 2.45) is 5.92 Å². The average molecular weight is 355 g/mol. The van der Waals surface area contributed by atoms with E-state index in [4.69, 9.17) is 21.1 Å². The molecule has 0 aliphatic carbocycles. The third-order valence-corrected chi connectivity index (χ3v) is 4.27. The normalized spacial score (nSPS) is 17.3. The zero-order valence-electron chi connectivity index (χ0n) is 14.7. The van der Waals surface area contributed by atoms with E-state index in [1.54, 1.807) is 38.1 Å². The maximum absolute atomic E-state index is 12.4. The Balaban J connectivity index is 1.78. The summed E-state index contributed by atoms with van der Waals surface area (Å²) in [6.45, 7) is 10.8. The van der Waals surface area contributed by atoms with Crippen LogP contribution >= 0.6 is 11.6 Å². The fourth-order valence-corrected chi connectivity index (χ4v) is 2.74. The molecule has 0 bridgehead atoms. The molecule has 1 aromatic rings. The standard InChI is InChI=1S/C18H27ClN2O3/c1-14(13-21-8-10-23-11-9-21)12-20-17(22)18(2,3)24-16-6-4-15(19)5-7-16/h4-7,14H,8-13H2,1-3H3,(H,20,22). The van der Waals surface area contributed by atoms with Crippen molar-refractivity contribution in [2.75, 3.05) is 39.4 Å². The van der Waals surface area contributed by atoms with Gasteiger partial charge in [-0.25, -0.2) is 0 Å². The number of rotatable bonds is 7. The second kappa shape index (κ2) is 8.70. The first-order valence-corrected chi connectivity index (χ1v) is 8.77. The highest BCUT2D eigenvalue weighted by Crippen LogP contribution is 2.21. The zero-order valence-corrected chi connectivity index (χ0v) is 15.4. The lowest BCUT2D eigenvalue weighted by Gasteiger charge is -2.30. The van der Waals surface area contributed by atoms with Crippen molar-refractivity contribution in [1.29, 1.82) is 0 Å². The number of hydrogen-bond acceptors (Lipinski definition) is 4. The largest absolute Gasteiger partial charge is 0.478 e. The van der Waals surface area contributed by atoms with Gasteiger partial charge in [0, 0.05) is 31.2 Å².